The van der Waals surface area contributed by atoms with E-state index < -0.39 is 0 Å². The van der Waals surface area contributed by atoms with Crippen LogP contribution in [-0.2, 0) is 14.3 Å². The average Bonchev–Trinajstić information content (AvgIpc) is 2.82. The van der Waals surface area contributed by atoms with Crippen LogP contribution in [0, 0.1) is 0 Å². The number of hydrogen-bond donors (Lipinski definition) is 2. The van der Waals surface area contributed by atoms with E-state index in [0.29, 0.717) is 11.6 Å². The van der Waals surface area contributed by atoms with Gasteiger partial charge >= 0.3 is 0 Å². The highest BCUT2D eigenvalue weighted by molar-refractivity contribution is 6.30. The van der Waals surface area contributed by atoms with Crippen LogP contribution in [0.25, 0.3) is 0 Å². The average molecular weight is 396 g/mol. The normalized spacial score (nSPS) is 19.1. The Morgan fingerprint density at radius 1 is 1.33 bits per heavy atom. The molecule has 1 aliphatic rings. The Morgan fingerprint density at radius 3 is 2.78 bits per heavy atom. The summed E-state index contributed by atoms with van der Waals surface area (Å²) < 4.78 is 5.65. The quantitative estimate of drug-likeness (QED) is 0.663. The van der Waals surface area contributed by atoms with Crippen molar-refractivity contribution in [3.05, 3.63) is 34.9 Å². The lowest BCUT2D eigenvalue weighted by Gasteiger charge is -2.22. The predicted octanol–water partition coefficient (Wildman–Crippen LogP) is 2.52. The first kappa shape index (κ1) is 21.7. The monoisotopic (exact) mass is 395 g/mol. The first-order valence-corrected chi connectivity index (χ1v) is 9.95. The molecule has 0 aromatic heterocycles. The Kier molecular flexibility index (Phi) is 9.04. The third kappa shape index (κ3) is 8.28. The fourth-order valence-corrected chi connectivity index (χ4v) is 3.39. The molecule has 1 fully saturated rings. The van der Waals surface area contributed by atoms with Crippen molar-refractivity contribution >= 4 is 23.4 Å². The van der Waals surface area contributed by atoms with E-state index in [4.69, 9.17) is 16.3 Å². The number of halogens is 1. The van der Waals surface area contributed by atoms with Crippen LogP contribution in [-0.4, -0.2) is 55.6 Å². The van der Waals surface area contributed by atoms with E-state index in [1.54, 1.807) is 12.1 Å². The molecular formula is C20H30ClN3O3. The summed E-state index contributed by atoms with van der Waals surface area (Å²) in [5.74, 6) is -0.239. The molecule has 2 amide bonds. The Hall–Kier alpha value is -1.63. The zero-order chi connectivity index (χ0) is 19.6. The molecule has 0 bridgehead atoms. The van der Waals surface area contributed by atoms with Crippen LogP contribution >= 0.6 is 11.6 Å². The molecule has 7 heteroatoms. The van der Waals surface area contributed by atoms with Crippen molar-refractivity contribution in [3.63, 3.8) is 0 Å². The molecule has 0 spiro atoms. The van der Waals surface area contributed by atoms with Crippen LogP contribution in [0.1, 0.15) is 44.7 Å². The second-order valence-corrected chi connectivity index (χ2v) is 7.48. The van der Waals surface area contributed by atoms with Crippen molar-refractivity contribution in [1.82, 2.24) is 15.5 Å². The van der Waals surface area contributed by atoms with Gasteiger partial charge in [0.2, 0.25) is 11.8 Å². The largest absolute Gasteiger partial charge is 0.377 e. The summed E-state index contributed by atoms with van der Waals surface area (Å²) in [5.41, 5.74) is 0.864. The molecule has 2 atom stereocenters. The minimum Gasteiger partial charge on any atom is -0.377 e. The van der Waals surface area contributed by atoms with Crippen molar-refractivity contribution in [2.24, 2.45) is 0 Å². The van der Waals surface area contributed by atoms with Gasteiger partial charge in [0.1, 0.15) is 0 Å². The molecule has 1 aromatic rings. The third-order valence-corrected chi connectivity index (χ3v) is 4.80. The number of hydrogen-bond acceptors (Lipinski definition) is 4. The summed E-state index contributed by atoms with van der Waals surface area (Å²) in [6, 6.07) is 6.83. The maximum atomic E-state index is 12.3. The van der Waals surface area contributed by atoms with E-state index in [1.165, 1.54) is 6.92 Å². The highest BCUT2D eigenvalue weighted by Gasteiger charge is 2.18. The zero-order valence-corrected chi connectivity index (χ0v) is 16.9. The number of carbonyl (C=O) groups excluding carboxylic acids is 2. The SMILES string of the molecule is CC(=O)N[C@H](CC(=O)NCCCN1CCCO[C@H](C)C1)c1ccc(Cl)cc1. The molecule has 1 aliphatic heterocycles. The van der Waals surface area contributed by atoms with Crippen LogP contribution in [0.15, 0.2) is 24.3 Å². The first-order chi connectivity index (χ1) is 12.9. The molecule has 0 radical (unpaired) electrons. The number of nitrogens with zero attached hydrogens (tertiary/aromatic N) is 1. The lowest BCUT2D eigenvalue weighted by molar-refractivity contribution is -0.122. The van der Waals surface area contributed by atoms with Gasteiger partial charge in [-0.15, -0.1) is 0 Å². The molecule has 2 N–H and O–H groups in total. The minimum absolute atomic E-state index is 0.0729. The highest BCUT2D eigenvalue weighted by Crippen LogP contribution is 2.19. The summed E-state index contributed by atoms with van der Waals surface area (Å²) in [6.45, 7) is 7.92. The molecule has 0 unspecified atom stereocenters. The predicted molar refractivity (Wildman–Crippen MR) is 107 cm³/mol. The van der Waals surface area contributed by atoms with E-state index in [1.807, 2.05) is 12.1 Å². The van der Waals surface area contributed by atoms with Gasteiger partial charge in [-0.1, -0.05) is 23.7 Å². The van der Waals surface area contributed by atoms with Crippen LogP contribution in [0.2, 0.25) is 5.02 Å². The van der Waals surface area contributed by atoms with Crippen molar-refractivity contribution in [3.8, 4) is 0 Å². The number of nitrogens with one attached hydrogen (secondary N) is 2. The van der Waals surface area contributed by atoms with Gasteiger partial charge in [0.15, 0.2) is 0 Å². The van der Waals surface area contributed by atoms with Gasteiger partial charge in [0, 0.05) is 38.2 Å². The van der Waals surface area contributed by atoms with Gasteiger partial charge in [-0.3, -0.25) is 9.59 Å². The summed E-state index contributed by atoms with van der Waals surface area (Å²) in [4.78, 5) is 26.2. The molecule has 1 heterocycles. The fourth-order valence-electron chi connectivity index (χ4n) is 3.26. The zero-order valence-electron chi connectivity index (χ0n) is 16.2. The summed E-state index contributed by atoms with van der Waals surface area (Å²) >= 11 is 5.92. The molecule has 1 saturated heterocycles. The maximum Gasteiger partial charge on any atom is 0.222 e. The summed E-state index contributed by atoms with van der Waals surface area (Å²) in [5, 5.41) is 6.42. The van der Waals surface area contributed by atoms with Crippen molar-refractivity contribution in [1.29, 1.82) is 0 Å². The lowest BCUT2D eigenvalue weighted by atomic mass is 10.0. The molecule has 0 saturated carbocycles. The Bertz CT molecular complexity index is 609. The van der Waals surface area contributed by atoms with Gasteiger partial charge in [-0.2, -0.15) is 0 Å². The topological polar surface area (TPSA) is 70.7 Å². The minimum atomic E-state index is -0.358. The Morgan fingerprint density at radius 2 is 2.07 bits per heavy atom. The standard InChI is InChI=1S/C20H30ClN3O3/c1-15-14-24(11-4-12-27-15)10-3-9-22-20(26)13-19(23-16(2)25)17-5-7-18(21)8-6-17/h5-8,15,19H,3-4,9-14H2,1-2H3,(H,22,26)(H,23,25)/t15-,19-/m1/s1. The van der Waals surface area contributed by atoms with Gasteiger partial charge in [-0.25, -0.2) is 0 Å². The lowest BCUT2D eigenvalue weighted by Crippen LogP contribution is -2.35. The molecule has 2 rings (SSSR count). The van der Waals surface area contributed by atoms with E-state index in [9.17, 15) is 9.59 Å². The molecule has 6 nitrogen and oxygen atoms in total. The third-order valence-electron chi connectivity index (χ3n) is 4.55. The maximum absolute atomic E-state index is 12.3. The Labute approximate surface area is 166 Å². The highest BCUT2D eigenvalue weighted by atomic mass is 35.5. The summed E-state index contributed by atoms with van der Waals surface area (Å²) in [6.07, 6.45) is 2.41. The molecular weight excluding hydrogens is 366 g/mol. The fraction of sp³-hybridized carbons (Fsp3) is 0.600. The van der Waals surface area contributed by atoms with E-state index in [2.05, 4.69) is 22.5 Å². The number of benzene rings is 1. The summed E-state index contributed by atoms with van der Waals surface area (Å²) in [7, 11) is 0. The molecule has 0 aliphatic carbocycles. The van der Waals surface area contributed by atoms with Crippen LogP contribution in [0.3, 0.4) is 0 Å². The number of carbonyl (C=O) groups is 2. The number of amides is 2. The number of rotatable bonds is 8. The van der Waals surface area contributed by atoms with Crippen LogP contribution in [0.5, 0.6) is 0 Å². The Balaban J connectivity index is 1.76. The van der Waals surface area contributed by atoms with E-state index in [-0.39, 0.29) is 30.4 Å². The van der Waals surface area contributed by atoms with Gasteiger partial charge in [0.25, 0.3) is 0 Å². The number of ether oxygens (including phenoxy) is 1. The second kappa shape index (κ2) is 11.3. The van der Waals surface area contributed by atoms with Gasteiger partial charge in [-0.05, 0) is 44.0 Å². The first-order valence-electron chi connectivity index (χ1n) is 9.57. The van der Waals surface area contributed by atoms with Gasteiger partial charge < -0.3 is 20.3 Å². The molecule has 1 aromatic carbocycles. The van der Waals surface area contributed by atoms with E-state index >= 15 is 0 Å². The van der Waals surface area contributed by atoms with Crippen LogP contribution in [0.4, 0.5) is 0 Å². The van der Waals surface area contributed by atoms with Crippen molar-refractivity contribution < 1.29 is 14.3 Å². The molecule has 27 heavy (non-hydrogen) atoms. The van der Waals surface area contributed by atoms with Crippen molar-refractivity contribution in [2.45, 2.75) is 45.3 Å². The van der Waals surface area contributed by atoms with E-state index in [0.717, 1.165) is 44.6 Å². The van der Waals surface area contributed by atoms with Crippen LogP contribution < -0.4 is 10.6 Å². The van der Waals surface area contributed by atoms with Crippen molar-refractivity contribution in [2.75, 3.05) is 32.8 Å². The molecule has 150 valence electrons. The smallest absolute Gasteiger partial charge is 0.222 e. The second-order valence-electron chi connectivity index (χ2n) is 7.05. The van der Waals surface area contributed by atoms with Gasteiger partial charge in [0.05, 0.1) is 18.6 Å².